The summed E-state index contributed by atoms with van der Waals surface area (Å²) in [7, 11) is 0. The lowest BCUT2D eigenvalue weighted by Crippen LogP contribution is -2.45. The molecular weight excluding hydrogens is 328 g/mol. The standard InChI is InChI=1S/C17H22N2O4S/c20-15(19-17(22)18-13-6-4-5-7-13)12-23-16(21)10-11-24-14-8-2-1-3-9-14/h1-3,8-9,13H,4-7,10-12H2,(H2,18,19,20,22). The van der Waals surface area contributed by atoms with E-state index < -0.39 is 24.5 Å². The lowest BCUT2D eigenvalue weighted by molar-refractivity contribution is -0.147. The second-order valence-corrected chi connectivity index (χ2v) is 6.74. The van der Waals surface area contributed by atoms with E-state index in [0.717, 1.165) is 30.6 Å². The first kappa shape index (κ1) is 18.3. The van der Waals surface area contributed by atoms with Gasteiger partial charge in [-0.15, -0.1) is 11.8 Å². The Labute approximate surface area is 145 Å². The lowest BCUT2D eigenvalue weighted by Gasteiger charge is -2.12. The number of urea groups is 1. The number of benzene rings is 1. The second-order valence-electron chi connectivity index (χ2n) is 5.58. The van der Waals surface area contributed by atoms with Gasteiger partial charge in [0.15, 0.2) is 6.61 Å². The highest BCUT2D eigenvalue weighted by atomic mass is 32.2. The number of hydrogen-bond donors (Lipinski definition) is 2. The molecule has 24 heavy (non-hydrogen) atoms. The van der Waals surface area contributed by atoms with Crippen LogP contribution in [0.3, 0.4) is 0 Å². The maximum atomic E-state index is 11.6. The third-order valence-electron chi connectivity index (χ3n) is 3.63. The van der Waals surface area contributed by atoms with Gasteiger partial charge in [-0.2, -0.15) is 0 Å². The molecule has 0 aliphatic heterocycles. The highest BCUT2D eigenvalue weighted by Crippen LogP contribution is 2.18. The molecule has 1 aliphatic carbocycles. The first-order valence-electron chi connectivity index (χ1n) is 8.07. The SMILES string of the molecule is O=C(COC(=O)CCSc1ccccc1)NC(=O)NC1CCCC1. The number of nitrogens with one attached hydrogen (secondary N) is 2. The van der Waals surface area contributed by atoms with E-state index in [1.165, 1.54) is 0 Å². The van der Waals surface area contributed by atoms with Crippen molar-refractivity contribution >= 4 is 29.7 Å². The van der Waals surface area contributed by atoms with Crippen molar-refractivity contribution in [2.24, 2.45) is 0 Å². The predicted octanol–water partition coefficient (Wildman–Crippen LogP) is 2.48. The molecule has 130 valence electrons. The van der Waals surface area contributed by atoms with Crippen molar-refractivity contribution in [2.75, 3.05) is 12.4 Å². The van der Waals surface area contributed by atoms with Crippen LogP contribution in [0.4, 0.5) is 4.79 Å². The summed E-state index contributed by atoms with van der Waals surface area (Å²) in [5.41, 5.74) is 0. The molecule has 1 fully saturated rings. The molecule has 1 aliphatic rings. The molecule has 0 saturated heterocycles. The van der Waals surface area contributed by atoms with Gasteiger partial charge in [0.25, 0.3) is 5.91 Å². The Hall–Kier alpha value is -2.02. The Kier molecular flexibility index (Phi) is 7.61. The average Bonchev–Trinajstić information content (AvgIpc) is 3.06. The normalized spacial score (nSPS) is 14.2. The molecule has 7 heteroatoms. The number of esters is 1. The van der Waals surface area contributed by atoms with Crippen molar-refractivity contribution in [2.45, 2.75) is 43.0 Å². The smallest absolute Gasteiger partial charge is 0.321 e. The summed E-state index contributed by atoms with van der Waals surface area (Å²) in [6.45, 7) is -0.438. The number of rotatable bonds is 7. The fourth-order valence-corrected chi connectivity index (χ4v) is 3.30. The van der Waals surface area contributed by atoms with E-state index in [4.69, 9.17) is 4.74 Å². The number of ether oxygens (including phenoxy) is 1. The fraction of sp³-hybridized carbons (Fsp3) is 0.471. The zero-order chi connectivity index (χ0) is 17.2. The summed E-state index contributed by atoms with van der Waals surface area (Å²) in [5, 5.41) is 4.91. The van der Waals surface area contributed by atoms with Crippen molar-refractivity contribution in [1.82, 2.24) is 10.6 Å². The third-order valence-corrected chi connectivity index (χ3v) is 4.64. The van der Waals surface area contributed by atoms with Crippen LogP contribution >= 0.6 is 11.8 Å². The van der Waals surface area contributed by atoms with E-state index in [-0.39, 0.29) is 12.5 Å². The highest BCUT2D eigenvalue weighted by Gasteiger charge is 2.18. The van der Waals surface area contributed by atoms with Crippen molar-refractivity contribution in [3.8, 4) is 0 Å². The monoisotopic (exact) mass is 350 g/mol. The zero-order valence-electron chi connectivity index (χ0n) is 13.5. The molecule has 0 bridgehead atoms. The zero-order valence-corrected chi connectivity index (χ0v) is 14.3. The van der Waals surface area contributed by atoms with Crippen molar-refractivity contribution in [3.05, 3.63) is 30.3 Å². The van der Waals surface area contributed by atoms with E-state index in [2.05, 4.69) is 10.6 Å². The van der Waals surface area contributed by atoms with Crippen LogP contribution in [0.25, 0.3) is 0 Å². The Balaban J connectivity index is 1.55. The minimum absolute atomic E-state index is 0.135. The van der Waals surface area contributed by atoms with Crippen molar-refractivity contribution in [3.63, 3.8) is 0 Å². The van der Waals surface area contributed by atoms with Crippen LogP contribution in [-0.2, 0) is 14.3 Å². The van der Waals surface area contributed by atoms with Gasteiger partial charge in [0.1, 0.15) is 0 Å². The summed E-state index contributed by atoms with van der Waals surface area (Å²) < 4.78 is 4.87. The number of amides is 3. The van der Waals surface area contributed by atoms with Crippen LogP contribution in [0.2, 0.25) is 0 Å². The van der Waals surface area contributed by atoms with E-state index in [0.29, 0.717) is 5.75 Å². The summed E-state index contributed by atoms with van der Waals surface area (Å²) in [5.74, 6) is -0.494. The van der Waals surface area contributed by atoms with E-state index >= 15 is 0 Å². The van der Waals surface area contributed by atoms with Gasteiger partial charge in [-0.05, 0) is 25.0 Å². The van der Waals surface area contributed by atoms with Gasteiger partial charge in [0.2, 0.25) is 0 Å². The number of carbonyl (C=O) groups excluding carboxylic acids is 3. The summed E-state index contributed by atoms with van der Waals surface area (Å²) in [6, 6.07) is 9.33. The Morgan fingerprint density at radius 1 is 1.12 bits per heavy atom. The number of hydrogen-bond acceptors (Lipinski definition) is 5. The van der Waals surface area contributed by atoms with E-state index in [1.807, 2.05) is 30.3 Å². The van der Waals surface area contributed by atoms with Gasteiger partial charge in [-0.25, -0.2) is 4.79 Å². The van der Waals surface area contributed by atoms with Crippen LogP contribution in [0.15, 0.2) is 35.2 Å². The molecule has 0 atom stereocenters. The van der Waals surface area contributed by atoms with Gasteiger partial charge < -0.3 is 10.1 Å². The van der Waals surface area contributed by atoms with Crippen molar-refractivity contribution < 1.29 is 19.1 Å². The average molecular weight is 350 g/mol. The largest absolute Gasteiger partial charge is 0.456 e. The lowest BCUT2D eigenvalue weighted by atomic mass is 10.2. The van der Waals surface area contributed by atoms with Gasteiger partial charge in [-0.3, -0.25) is 14.9 Å². The van der Waals surface area contributed by atoms with Gasteiger partial charge >= 0.3 is 12.0 Å². The topological polar surface area (TPSA) is 84.5 Å². The Morgan fingerprint density at radius 3 is 2.54 bits per heavy atom. The fourth-order valence-electron chi connectivity index (χ4n) is 2.44. The molecule has 1 aromatic carbocycles. The number of imide groups is 1. The minimum atomic E-state index is -0.616. The molecule has 2 N–H and O–H groups in total. The van der Waals surface area contributed by atoms with Gasteiger partial charge in [0, 0.05) is 16.7 Å². The van der Waals surface area contributed by atoms with Gasteiger partial charge in [0.05, 0.1) is 6.42 Å². The van der Waals surface area contributed by atoms with Crippen LogP contribution in [0.1, 0.15) is 32.1 Å². The molecule has 0 aromatic heterocycles. The quantitative estimate of drug-likeness (QED) is 0.583. The summed E-state index contributed by atoms with van der Waals surface area (Å²) in [6.07, 6.45) is 4.28. The molecule has 1 saturated carbocycles. The molecule has 0 spiro atoms. The Bertz CT molecular complexity index is 559. The third kappa shape index (κ3) is 7.04. The van der Waals surface area contributed by atoms with Crippen LogP contribution < -0.4 is 10.6 Å². The van der Waals surface area contributed by atoms with E-state index in [1.54, 1.807) is 11.8 Å². The van der Waals surface area contributed by atoms with Crippen LogP contribution in [-0.4, -0.2) is 36.3 Å². The molecule has 0 heterocycles. The molecule has 0 radical (unpaired) electrons. The first-order chi connectivity index (χ1) is 11.6. The first-order valence-corrected chi connectivity index (χ1v) is 9.06. The van der Waals surface area contributed by atoms with Crippen LogP contribution in [0.5, 0.6) is 0 Å². The highest BCUT2D eigenvalue weighted by molar-refractivity contribution is 7.99. The predicted molar refractivity (Wildman–Crippen MR) is 91.7 cm³/mol. The maximum Gasteiger partial charge on any atom is 0.321 e. The number of carbonyl (C=O) groups is 3. The van der Waals surface area contributed by atoms with Gasteiger partial charge in [-0.1, -0.05) is 31.0 Å². The maximum absolute atomic E-state index is 11.6. The molecule has 2 rings (SSSR count). The van der Waals surface area contributed by atoms with E-state index in [9.17, 15) is 14.4 Å². The van der Waals surface area contributed by atoms with Crippen LogP contribution in [0, 0.1) is 0 Å². The molecule has 3 amide bonds. The second kappa shape index (κ2) is 9.97. The molecule has 6 nitrogen and oxygen atoms in total. The summed E-state index contributed by atoms with van der Waals surface area (Å²) in [4.78, 5) is 35.8. The minimum Gasteiger partial charge on any atom is -0.456 e. The van der Waals surface area contributed by atoms with Crippen molar-refractivity contribution in [1.29, 1.82) is 0 Å². The summed E-state index contributed by atoms with van der Waals surface area (Å²) >= 11 is 1.55. The molecule has 1 aromatic rings. The number of thioether (sulfide) groups is 1. The molecule has 0 unspecified atom stereocenters. The molecular formula is C17H22N2O4S. The Morgan fingerprint density at radius 2 is 1.83 bits per heavy atom.